The van der Waals surface area contributed by atoms with Gasteiger partial charge in [0.15, 0.2) is 0 Å². The molecule has 1 aliphatic rings. The van der Waals surface area contributed by atoms with Crippen molar-refractivity contribution in [1.29, 1.82) is 0 Å². The molecule has 7 heteroatoms. The molecule has 1 amide bonds. The molecule has 1 aromatic carbocycles. The molecular formula is C12H14ClN3O3. The summed E-state index contributed by atoms with van der Waals surface area (Å²) in [6.07, 6.45) is 2.02. The normalized spacial score (nSPS) is 14.5. The Bertz CT molecular complexity index is 501. The zero-order valence-electron chi connectivity index (χ0n) is 10.3. The SMILES string of the molecule is O=C(CNc1c(Cl)cccc1[N+](=O)[O-])N1CCCC1. The molecule has 1 heterocycles. The Hall–Kier alpha value is -1.82. The lowest BCUT2D eigenvalue weighted by molar-refractivity contribution is -0.383. The van der Waals surface area contributed by atoms with Crippen molar-refractivity contribution < 1.29 is 9.72 Å². The molecule has 2 rings (SSSR count). The highest BCUT2D eigenvalue weighted by molar-refractivity contribution is 6.33. The van der Waals surface area contributed by atoms with Crippen molar-refractivity contribution in [2.24, 2.45) is 0 Å². The van der Waals surface area contributed by atoms with Crippen molar-refractivity contribution in [3.63, 3.8) is 0 Å². The van der Waals surface area contributed by atoms with Crippen molar-refractivity contribution in [3.8, 4) is 0 Å². The topological polar surface area (TPSA) is 75.5 Å². The van der Waals surface area contributed by atoms with Gasteiger partial charge in [0.1, 0.15) is 5.69 Å². The van der Waals surface area contributed by atoms with Crippen LogP contribution in [0.1, 0.15) is 12.8 Å². The predicted molar refractivity (Wildman–Crippen MR) is 72.4 cm³/mol. The molecule has 102 valence electrons. The van der Waals surface area contributed by atoms with E-state index in [4.69, 9.17) is 11.6 Å². The Morgan fingerprint density at radius 2 is 2.11 bits per heavy atom. The quantitative estimate of drug-likeness (QED) is 0.679. The van der Waals surface area contributed by atoms with Gasteiger partial charge in [-0.2, -0.15) is 0 Å². The molecule has 6 nitrogen and oxygen atoms in total. The highest BCUT2D eigenvalue weighted by Crippen LogP contribution is 2.31. The summed E-state index contributed by atoms with van der Waals surface area (Å²) in [6, 6.07) is 4.42. The number of para-hydroxylation sites is 1. The molecule has 0 aliphatic carbocycles. The number of nitro benzene ring substituents is 1. The van der Waals surface area contributed by atoms with Gasteiger partial charge in [-0.25, -0.2) is 0 Å². The summed E-state index contributed by atoms with van der Waals surface area (Å²) in [6.45, 7) is 1.53. The number of rotatable bonds is 4. The number of likely N-dealkylation sites (tertiary alicyclic amines) is 1. The maximum atomic E-state index is 11.9. The van der Waals surface area contributed by atoms with Crippen molar-refractivity contribution in [3.05, 3.63) is 33.3 Å². The van der Waals surface area contributed by atoms with Crippen LogP contribution < -0.4 is 5.32 Å². The number of amides is 1. The molecular weight excluding hydrogens is 270 g/mol. The summed E-state index contributed by atoms with van der Waals surface area (Å²) in [5, 5.41) is 13.9. The summed E-state index contributed by atoms with van der Waals surface area (Å²) in [4.78, 5) is 24.0. The molecule has 0 atom stereocenters. The highest BCUT2D eigenvalue weighted by atomic mass is 35.5. The van der Waals surface area contributed by atoms with Crippen LogP contribution in [0.4, 0.5) is 11.4 Å². The van der Waals surface area contributed by atoms with Gasteiger partial charge in [-0.3, -0.25) is 14.9 Å². The van der Waals surface area contributed by atoms with Crippen LogP contribution in [-0.4, -0.2) is 35.4 Å². The van der Waals surface area contributed by atoms with E-state index in [2.05, 4.69) is 5.32 Å². The van der Waals surface area contributed by atoms with Crippen molar-refractivity contribution in [2.45, 2.75) is 12.8 Å². The van der Waals surface area contributed by atoms with Crippen LogP contribution in [0, 0.1) is 10.1 Å². The standard InChI is InChI=1S/C12H14ClN3O3/c13-9-4-3-5-10(16(18)19)12(9)14-8-11(17)15-6-1-2-7-15/h3-5,14H,1-2,6-8H2. The fourth-order valence-electron chi connectivity index (χ4n) is 2.08. The summed E-state index contributed by atoms with van der Waals surface area (Å²) >= 11 is 5.92. The van der Waals surface area contributed by atoms with Gasteiger partial charge in [-0.1, -0.05) is 17.7 Å². The van der Waals surface area contributed by atoms with E-state index in [-0.39, 0.29) is 28.8 Å². The van der Waals surface area contributed by atoms with Gasteiger partial charge in [0.25, 0.3) is 5.69 Å². The van der Waals surface area contributed by atoms with Crippen molar-refractivity contribution >= 4 is 28.9 Å². The van der Waals surface area contributed by atoms with Crippen LogP contribution in [0.15, 0.2) is 18.2 Å². The van der Waals surface area contributed by atoms with E-state index in [1.807, 2.05) is 0 Å². The Morgan fingerprint density at radius 3 is 2.74 bits per heavy atom. The van der Waals surface area contributed by atoms with Crippen molar-refractivity contribution in [1.82, 2.24) is 4.90 Å². The van der Waals surface area contributed by atoms with Crippen LogP contribution in [0.25, 0.3) is 0 Å². The maximum Gasteiger partial charge on any atom is 0.293 e. The number of hydrogen-bond acceptors (Lipinski definition) is 4. The van der Waals surface area contributed by atoms with Crippen LogP contribution >= 0.6 is 11.6 Å². The largest absolute Gasteiger partial charge is 0.369 e. The number of halogens is 1. The second kappa shape index (κ2) is 5.88. The summed E-state index contributed by atoms with van der Waals surface area (Å²) in [5.74, 6) is -0.0632. The summed E-state index contributed by atoms with van der Waals surface area (Å²) < 4.78 is 0. The molecule has 0 unspecified atom stereocenters. The number of anilines is 1. The number of benzene rings is 1. The Morgan fingerprint density at radius 1 is 1.42 bits per heavy atom. The minimum absolute atomic E-state index is 0.0184. The minimum Gasteiger partial charge on any atom is -0.369 e. The van der Waals surface area contributed by atoms with Gasteiger partial charge in [0.2, 0.25) is 5.91 Å². The molecule has 1 aromatic rings. The molecule has 0 saturated carbocycles. The number of nitrogens with one attached hydrogen (secondary N) is 1. The average molecular weight is 284 g/mol. The molecule has 1 saturated heterocycles. The first-order valence-electron chi connectivity index (χ1n) is 6.04. The fourth-order valence-corrected chi connectivity index (χ4v) is 2.32. The summed E-state index contributed by atoms with van der Waals surface area (Å²) in [5.41, 5.74) is 0.0726. The third-order valence-corrected chi connectivity index (χ3v) is 3.38. The Balaban J connectivity index is 2.06. The van der Waals surface area contributed by atoms with Gasteiger partial charge < -0.3 is 10.2 Å². The lowest BCUT2D eigenvalue weighted by Gasteiger charge is -2.16. The van der Waals surface area contributed by atoms with Crippen LogP contribution in [0.3, 0.4) is 0 Å². The molecule has 0 bridgehead atoms. The van der Waals surface area contributed by atoms with Crippen LogP contribution in [0.5, 0.6) is 0 Å². The first kappa shape index (κ1) is 13.6. The first-order valence-corrected chi connectivity index (χ1v) is 6.42. The zero-order valence-corrected chi connectivity index (χ0v) is 11.0. The van der Waals surface area contributed by atoms with Gasteiger partial charge in [-0.15, -0.1) is 0 Å². The number of nitro groups is 1. The molecule has 0 radical (unpaired) electrons. The zero-order chi connectivity index (χ0) is 13.8. The van der Waals surface area contributed by atoms with E-state index in [1.54, 1.807) is 11.0 Å². The Kier molecular flexibility index (Phi) is 4.21. The lowest BCUT2D eigenvalue weighted by Crippen LogP contribution is -2.33. The number of carbonyl (C=O) groups is 1. The minimum atomic E-state index is -0.519. The first-order chi connectivity index (χ1) is 9.09. The van der Waals surface area contributed by atoms with E-state index < -0.39 is 4.92 Å². The van der Waals surface area contributed by atoms with E-state index in [1.165, 1.54) is 12.1 Å². The molecule has 1 aliphatic heterocycles. The highest BCUT2D eigenvalue weighted by Gasteiger charge is 2.20. The number of hydrogen-bond donors (Lipinski definition) is 1. The van der Waals surface area contributed by atoms with Gasteiger partial charge in [0.05, 0.1) is 16.5 Å². The van der Waals surface area contributed by atoms with Gasteiger partial charge >= 0.3 is 0 Å². The van der Waals surface area contributed by atoms with Crippen LogP contribution in [0.2, 0.25) is 5.02 Å². The smallest absolute Gasteiger partial charge is 0.293 e. The Labute approximate surface area is 115 Å². The average Bonchev–Trinajstić information content (AvgIpc) is 2.90. The molecule has 1 fully saturated rings. The second-order valence-electron chi connectivity index (χ2n) is 4.33. The third kappa shape index (κ3) is 3.14. The number of nitrogens with zero attached hydrogens (tertiary/aromatic N) is 2. The van der Waals surface area contributed by atoms with Gasteiger partial charge in [-0.05, 0) is 18.9 Å². The third-order valence-electron chi connectivity index (χ3n) is 3.06. The second-order valence-corrected chi connectivity index (χ2v) is 4.74. The van der Waals surface area contributed by atoms with E-state index in [9.17, 15) is 14.9 Å². The van der Waals surface area contributed by atoms with Crippen molar-refractivity contribution in [2.75, 3.05) is 25.0 Å². The molecule has 19 heavy (non-hydrogen) atoms. The predicted octanol–water partition coefficient (Wildman–Crippen LogP) is 2.28. The van der Waals surface area contributed by atoms with Gasteiger partial charge in [0, 0.05) is 19.2 Å². The lowest BCUT2D eigenvalue weighted by atomic mass is 10.2. The molecule has 1 N–H and O–H groups in total. The maximum absolute atomic E-state index is 11.9. The summed E-state index contributed by atoms with van der Waals surface area (Å²) in [7, 11) is 0. The van der Waals surface area contributed by atoms with E-state index in [0.717, 1.165) is 25.9 Å². The van der Waals surface area contributed by atoms with Crippen LogP contribution in [-0.2, 0) is 4.79 Å². The molecule has 0 aromatic heterocycles. The fraction of sp³-hybridized carbons (Fsp3) is 0.417. The number of carbonyl (C=O) groups excluding carboxylic acids is 1. The van der Waals surface area contributed by atoms with E-state index in [0.29, 0.717) is 0 Å². The molecule has 0 spiro atoms. The van der Waals surface area contributed by atoms with E-state index >= 15 is 0 Å². The monoisotopic (exact) mass is 283 g/mol.